The van der Waals surface area contributed by atoms with Gasteiger partial charge in [-0.15, -0.1) is 24.0 Å². The molecular weight excluding hydrogens is 401 g/mol. The molecule has 5 nitrogen and oxygen atoms in total. The van der Waals surface area contributed by atoms with E-state index in [1.807, 2.05) is 6.20 Å². The van der Waals surface area contributed by atoms with Crippen molar-refractivity contribution < 1.29 is 0 Å². The molecule has 0 amide bonds. The van der Waals surface area contributed by atoms with Gasteiger partial charge in [0.1, 0.15) is 5.82 Å². The standard InChI is InChI=1S/C17H29N5.HI/c1-14(2)21-17(18-3)20-13-15-8-9-16(19-12-15)22-10-6-4-5-7-11-22;/h8-9,12,14H,4-7,10-11,13H2,1-3H3,(H2,18,20,21);1H. The molecule has 2 N–H and O–H groups in total. The van der Waals surface area contributed by atoms with E-state index in [1.54, 1.807) is 7.05 Å². The van der Waals surface area contributed by atoms with Gasteiger partial charge in [-0.25, -0.2) is 4.98 Å². The molecule has 0 radical (unpaired) electrons. The summed E-state index contributed by atoms with van der Waals surface area (Å²) >= 11 is 0. The molecule has 0 bridgehead atoms. The van der Waals surface area contributed by atoms with E-state index in [1.165, 1.54) is 31.2 Å². The first kappa shape index (κ1) is 20.0. The zero-order valence-electron chi connectivity index (χ0n) is 14.5. The normalized spacial score (nSPS) is 15.8. The third kappa shape index (κ3) is 6.93. The average molecular weight is 431 g/mol. The van der Waals surface area contributed by atoms with E-state index in [2.05, 4.69) is 51.5 Å². The van der Waals surface area contributed by atoms with E-state index in [9.17, 15) is 0 Å². The number of nitrogens with zero attached hydrogens (tertiary/aromatic N) is 3. The fourth-order valence-electron chi connectivity index (χ4n) is 2.66. The number of guanidine groups is 1. The third-order valence-electron chi connectivity index (χ3n) is 3.85. The molecule has 0 saturated carbocycles. The summed E-state index contributed by atoms with van der Waals surface area (Å²) in [4.78, 5) is 11.3. The number of hydrogen-bond acceptors (Lipinski definition) is 3. The van der Waals surface area contributed by atoms with E-state index >= 15 is 0 Å². The number of hydrogen-bond donors (Lipinski definition) is 2. The third-order valence-corrected chi connectivity index (χ3v) is 3.85. The molecule has 1 fully saturated rings. The Morgan fingerprint density at radius 2 is 1.91 bits per heavy atom. The monoisotopic (exact) mass is 431 g/mol. The Bertz CT molecular complexity index is 464. The van der Waals surface area contributed by atoms with Gasteiger partial charge in [-0.05, 0) is 38.3 Å². The van der Waals surface area contributed by atoms with Gasteiger partial charge in [0, 0.05) is 38.9 Å². The molecule has 1 aliphatic rings. The minimum Gasteiger partial charge on any atom is -0.357 e. The Hall–Kier alpha value is -1.05. The molecule has 2 rings (SSSR count). The first-order chi connectivity index (χ1) is 10.7. The second-order valence-electron chi connectivity index (χ2n) is 6.15. The number of pyridine rings is 1. The molecule has 130 valence electrons. The molecule has 0 spiro atoms. The Labute approximate surface area is 157 Å². The van der Waals surface area contributed by atoms with E-state index < -0.39 is 0 Å². The molecule has 0 unspecified atom stereocenters. The lowest BCUT2D eigenvalue weighted by Gasteiger charge is -2.21. The van der Waals surface area contributed by atoms with Crippen molar-refractivity contribution in [2.75, 3.05) is 25.0 Å². The van der Waals surface area contributed by atoms with Crippen LogP contribution in [0.5, 0.6) is 0 Å². The van der Waals surface area contributed by atoms with Gasteiger partial charge in [-0.3, -0.25) is 4.99 Å². The van der Waals surface area contributed by atoms with Crippen molar-refractivity contribution in [3.8, 4) is 0 Å². The van der Waals surface area contributed by atoms with Crippen LogP contribution < -0.4 is 15.5 Å². The van der Waals surface area contributed by atoms with E-state index in [4.69, 9.17) is 0 Å². The molecule has 2 heterocycles. The van der Waals surface area contributed by atoms with Crippen LogP contribution in [-0.2, 0) is 6.54 Å². The van der Waals surface area contributed by atoms with Crippen molar-refractivity contribution >= 4 is 35.8 Å². The summed E-state index contributed by atoms with van der Waals surface area (Å²) in [5.74, 6) is 1.93. The Morgan fingerprint density at radius 1 is 1.22 bits per heavy atom. The highest BCUT2D eigenvalue weighted by Gasteiger charge is 2.10. The number of halogens is 1. The number of aromatic nitrogens is 1. The largest absolute Gasteiger partial charge is 0.357 e. The van der Waals surface area contributed by atoms with Crippen molar-refractivity contribution in [1.82, 2.24) is 15.6 Å². The van der Waals surface area contributed by atoms with Crippen molar-refractivity contribution in [1.29, 1.82) is 0 Å². The lowest BCUT2D eigenvalue weighted by atomic mass is 10.2. The summed E-state index contributed by atoms with van der Waals surface area (Å²) in [6.45, 7) is 7.21. The fraction of sp³-hybridized carbons (Fsp3) is 0.647. The van der Waals surface area contributed by atoms with Gasteiger partial charge in [-0.2, -0.15) is 0 Å². The summed E-state index contributed by atoms with van der Waals surface area (Å²) in [7, 11) is 1.79. The molecule has 1 aliphatic heterocycles. The molecule has 23 heavy (non-hydrogen) atoms. The van der Waals surface area contributed by atoms with Crippen LogP contribution in [0.2, 0.25) is 0 Å². The van der Waals surface area contributed by atoms with Gasteiger partial charge in [0.2, 0.25) is 0 Å². The molecule has 0 aromatic carbocycles. The van der Waals surface area contributed by atoms with Crippen molar-refractivity contribution in [3.63, 3.8) is 0 Å². The number of rotatable bonds is 4. The van der Waals surface area contributed by atoms with Crippen LogP contribution >= 0.6 is 24.0 Å². The summed E-state index contributed by atoms with van der Waals surface area (Å²) in [5, 5.41) is 6.59. The van der Waals surface area contributed by atoms with Crippen LogP contribution in [-0.4, -0.2) is 37.1 Å². The highest BCUT2D eigenvalue weighted by molar-refractivity contribution is 14.0. The van der Waals surface area contributed by atoms with Crippen LogP contribution in [0.3, 0.4) is 0 Å². The zero-order chi connectivity index (χ0) is 15.8. The van der Waals surface area contributed by atoms with Gasteiger partial charge < -0.3 is 15.5 Å². The fourth-order valence-corrected chi connectivity index (χ4v) is 2.66. The minimum atomic E-state index is 0. The first-order valence-corrected chi connectivity index (χ1v) is 8.36. The van der Waals surface area contributed by atoms with Gasteiger partial charge in [0.05, 0.1) is 0 Å². The van der Waals surface area contributed by atoms with Gasteiger partial charge in [0.15, 0.2) is 5.96 Å². The van der Waals surface area contributed by atoms with Crippen LogP contribution in [0.4, 0.5) is 5.82 Å². The maximum absolute atomic E-state index is 4.63. The second kappa shape index (κ2) is 10.7. The molecule has 0 aliphatic carbocycles. The molecular formula is C17H30IN5. The summed E-state index contributed by atoms with van der Waals surface area (Å²) in [5.41, 5.74) is 1.17. The number of aliphatic imine (C=N–C) groups is 1. The molecule has 6 heteroatoms. The van der Waals surface area contributed by atoms with Gasteiger partial charge in [-0.1, -0.05) is 18.9 Å². The van der Waals surface area contributed by atoms with Crippen molar-refractivity contribution in [2.45, 2.75) is 52.1 Å². The maximum atomic E-state index is 4.63. The SMILES string of the molecule is CN=C(NCc1ccc(N2CCCCCC2)nc1)NC(C)C.I. The molecule has 1 saturated heterocycles. The predicted molar refractivity (Wildman–Crippen MR) is 109 cm³/mol. The minimum absolute atomic E-state index is 0. The quantitative estimate of drug-likeness (QED) is 0.437. The smallest absolute Gasteiger partial charge is 0.191 e. The lowest BCUT2D eigenvalue weighted by Crippen LogP contribution is -2.40. The van der Waals surface area contributed by atoms with Crippen molar-refractivity contribution in [3.05, 3.63) is 23.9 Å². The van der Waals surface area contributed by atoms with E-state index in [-0.39, 0.29) is 24.0 Å². The highest BCUT2D eigenvalue weighted by Crippen LogP contribution is 2.17. The molecule has 1 aromatic rings. The maximum Gasteiger partial charge on any atom is 0.191 e. The van der Waals surface area contributed by atoms with Crippen LogP contribution in [0, 0.1) is 0 Å². The highest BCUT2D eigenvalue weighted by atomic mass is 127. The van der Waals surface area contributed by atoms with E-state index in [0.717, 1.165) is 31.4 Å². The van der Waals surface area contributed by atoms with E-state index in [0.29, 0.717) is 6.04 Å². The first-order valence-electron chi connectivity index (χ1n) is 8.36. The number of anilines is 1. The summed E-state index contributed by atoms with van der Waals surface area (Å²) in [6, 6.07) is 4.67. The average Bonchev–Trinajstić information content (AvgIpc) is 2.81. The van der Waals surface area contributed by atoms with Crippen LogP contribution in [0.15, 0.2) is 23.3 Å². The topological polar surface area (TPSA) is 52.6 Å². The second-order valence-corrected chi connectivity index (χ2v) is 6.15. The van der Waals surface area contributed by atoms with Crippen LogP contribution in [0.1, 0.15) is 45.1 Å². The zero-order valence-corrected chi connectivity index (χ0v) is 16.8. The van der Waals surface area contributed by atoms with Crippen LogP contribution in [0.25, 0.3) is 0 Å². The molecule has 1 aromatic heterocycles. The van der Waals surface area contributed by atoms with Crippen molar-refractivity contribution in [2.24, 2.45) is 4.99 Å². The molecule has 0 atom stereocenters. The Morgan fingerprint density at radius 3 is 2.43 bits per heavy atom. The summed E-state index contributed by atoms with van der Waals surface area (Å²) < 4.78 is 0. The van der Waals surface area contributed by atoms with Gasteiger partial charge in [0.25, 0.3) is 0 Å². The lowest BCUT2D eigenvalue weighted by molar-refractivity contribution is 0.699. The predicted octanol–water partition coefficient (Wildman–Crippen LogP) is 3.15. The summed E-state index contributed by atoms with van der Waals surface area (Å²) in [6.07, 6.45) is 7.22. The Kier molecular flexibility index (Phi) is 9.28. The number of nitrogens with one attached hydrogen (secondary N) is 2. The Balaban J connectivity index is 0.00000264. The van der Waals surface area contributed by atoms with Gasteiger partial charge >= 0.3 is 0 Å².